The highest BCUT2D eigenvalue weighted by atomic mass is 79.9. The van der Waals surface area contributed by atoms with E-state index in [0.717, 1.165) is 17.6 Å². The third-order valence-corrected chi connectivity index (χ3v) is 3.73. The van der Waals surface area contributed by atoms with Gasteiger partial charge in [-0.1, -0.05) is 0 Å². The van der Waals surface area contributed by atoms with E-state index in [2.05, 4.69) is 32.3 Å². The van der Waals surface area contributed by atoms with Gasteiger partial charge in [-0.25, -0.2) is 0 Å². The Morgan fingerprint density at radius 1 is 1.53 bits per heavy atom. The van der Waals surface area contributed by atoms with Gasteiger partial charge in [0.25, 0.3) is 0 Å². The molecule has 1 aromatic rings. The fourth-order valence-corrected chi connectivity index (χ4v) is 3.08. The first-order valence-corrected chi connectivity index (χ1v) is 6.93. The van der Waals surface area contributed by atoms with Crippen LogP contribution in [0.15, 0.2) is 15.9 Å². The topological polar surface area (TPSA) is 49.5 Å². The third kappa shape index (κ3) is 7.39. The van der Waals surface area contributed by atoms with Gasteiger partial charge in [0.1, 0.15) is 0 Å². The highest BCUT2D eigenvalue weighted by molar-refractivity contribution is 9.10. The number of nitrogens with two attached hydrogens (primary N) is 1. The molecule has 0 saturated heterocycles. The first-order chi connectivity index (χ1) is 7.40. The van der Waals surface area contributed by atoms with E-state index in [1.54, 1.807) is 11.3 Å². The summed E-state index contributed by atoms with van der Waals surface area (Å²) in [7, 11) is 0. The molecule has 3 N–H and O–H groups in total. The van der Waals surface area contributed by atoms with Crippen molar-refractivity contribution in [1.29, 1.82) is 0 Å². The van der Waals surface area contributed by atoms with E-state index in [4.69, 9.17) is 10.8 Å². The van der Waals surface area contributed by atoms with Crippen LogP contribution in [0.3, 0.4) is 0 Å². The number of thiophene rings is 1. The van der Waals surface area contributed by atoms with Crippen LogP contribution in [0, 0.1) is 0 Å². The first-order valence-electron chi connectivity index (χ1n) is 5.26. The minimum absolute atomic E-state index is 0. The van der Waals surface area contributed by atoms with Crippen molar-refractivity contribution >= 4 is 39.7 Å². The zero-order chi connectivity index (χ0) is 12.2. The predicted octanol–water partition coefficient (Wildman–Crippen LogP) is 2.46. The Hall–Kier alpha value is 0.350. The number of nitrogens with zero attached hydrogens (tertiary/aromatic N) is 1. The van der Waals surface area contributed by atoms with Crippen LogP contribution in [-0.2, 0) is 6.54 Å². The second kappa shape index (κ2) is 7.71. The van der Waals surface area contributed by atoms with Gasteiger partial charge < -0.3 is 10.8 Å². The fraction of sp³-hybridized carbons (Fsp3) is 0.636. The Balaban J connectivity index is 0.00000256. The molecule has 6 heteroatoms. The molecule has 0 saturated carbocycles. The van der Waals surface area contributed by atoms with Crippen molar-refractivity contribution in [3.63, 3.8) is 0 Å². The van der Waals surface area contributed by atoms with Crippen LogP contribution in [0.4, 0.5) is 0 Å². The summed E-state index contributed by atoms with van der Waals surface area (Å²) in [6.07, 6.45) is 0. The highest BCUT2D eigenvalue weighted by Crippen LogP contribution is 2.21. The molecule has 0 spiro atoms. The van der Waals surface area contributed by atoms with Gasteiger partial charge in [0, 0.05) is 39.9 Å². The maximum atomic E-state index is 9.03. The van der Waals surface area contributed by atoms with Gasteiger partial charge in [0.05, 0.1) is 6.61 Å². The standard InChI is InChI=1S/C11H19BrN2OS.ClH/c1-11(2,13)8-14(3-4-15)6-10-5-9(12)7-16-10;/h5,7,15H,3-4,6,8,13H2,1-2H3;1H. The van der Waals surface area contributed by atoms with Crippen molar-refractivity contribution in [2.45, 2.75) is 25.9 Å². The molecule has 0 aliphatic heterocycles. The Kier molecular flexibility index (Phi) is 7.87. The number of rotatable bonds is 6. The summed E-state index contributed by atoms with van der Waals surface area (Å²) in [5, 5.41) is 11.1. The van der Waals surface area contributed by atoms with Gasteiger partial charge in [-0.05, 0) is 35.8 Å². The van der Waals surface area contributed by atoms with Crippen LogP contribution < -0.4 is 5.73 Å². The Morgan fingerprint density at radius 2 is 2.18 bits per heavy atom. The Bertz CT molecular complexity index is 328. The van der Waals surface area contributed by atoms with Gasteiger partial charge in [0.2, 0.25) is 0 Å². The minimum Gasteiger partial charge on any atom is -0.395 e. The summed E-state index contributed by atoms with van der Waals surface area (Å²) in [5.74, 6) is 0. The van der Waals surface area contributed by atoms with E-state index in [-0.39, 0.29) is 24.6 Å². The van der Waals surface area contributed by atoms with Crippen molar-refractivity contribution in [3.05, 3.63) is 20.8 Å². The minimum atomic E-state index is -0.232. The molecule has 0 aliphatic carbocycles. The molecular weight excluding hydrogens is 324 g/mol. The van der Waals surface area contributed by atoms with Crippen LogP contribution in [0.2, 0.25) is 0 Å². The average molecular weight is 344 g/mol. The van der Waals surface area contributed by atoms with Crippen LogP contribution in [-0.4, -0.2) is 35.2 Å². The molecule has 1 heterocycles. The van der Waals surface area contributed by atoms with Crippen LogP contribution in [0.25, 0.3) is 0 Å². The first kappa shape index (κ1) is 17.4. The lowest BCUT2D eigenvalue weighted by molar-refractivity contribution is 0.167. The second-order valence-electron chi connectivity index (χ2n) is 4.65. The zero-order valence-electron chi connectivity index (χ0n) is 10.1. The van der Waals surface area contributed by atoms with E-state index < -0.39 is 0 Å². The van der Waals surface area contributed by atoms with E-state index in [1.165, 1.54) is 4.88 Å². The molecule has 1 aromatic heterocycles. The summed E-state index contributed by atoms with van der Waals surface area (Å²) in [4.78, 5) is 3.46. The normalized spacial score (nSPS) is 11.6. The van der Waals surface area contributed by atoms with E-state index >= 15 is 0 Å². The van der Waals surface area contributed by atoms with Crippen molar-refractivity contribution in [2.75, 3.05) is 19.7 Å². The lowest BCUT2D eigenvalue weighted by Crippen LogP contribution is -2.45. The highest BCUT2D eigenvalue weighted by Gasteiger charge is 2.17. The lowest BCUT2D eigenvalue weighted by atomic mass is 10.1. The maximum absolute atomic E-state index is 9.03. The van der Waals surface area contributed by atoms with Gasteiger partial charge in [-0.2, -0.15) is 0 Å². The van der Waals surface area contributed by atoms with Crippen molar-refractivity contribution in [3.8, 4) is 0 Å². The Labute approximate surface area is 122 Å². The molecule has 0 unspecified atom stereocenters. The predicted molar refractivity (Wildman–Crippen MR) is 79.9 cm³/mol. The number of hydrogen-bond donors (Lipinski definition) is 2. The summed E-state index contributed by atoms with van der Waals surface area (Å²) < 4.78 is 1.11. The molecule has 0 aromatic carbocycles. The van der Waals surface area contributed by atoms with Crippen LogP contribution in [0.1, 0.15) is 18.7 Å². The molecule has 17 heavy (non-hydrogen) atoms. The number of aliphatic hydroxyl groups excluding tert-OH is 1. The van der Waals surface area contributed by atoms with Crippen LogP contribution in [0.5, 0.6) is 0 Å². The summed E-state index contributed by atoms with van der Waals surface area (Å²) in [6.45, 7) is 6.46. The molecule has 1 rings (SSSR count). The molecule has 0 fully saturated rings. The van der Waals surface area contributed by atoms with Crippen molar-refractivity contribution in [2.24, 2.45) is 5.73 Å². The van der Waals surface area contributed by atoms with Crippen LogP contribution >= 0.6 is 39.7 Å². The summed E-state index contributed by atoms with van der Waals surface area (Å²) in [5.41, 5.74) is 5.76. The second-order valence-corrected chi connectivity index (χ2v) is 6.57. The maximum Gasteiger partial charge on any atom is 0.0558 e. The number of aliphatic hydroxyl groups is 1. The third-order valence-electron chi connectivity index (χ3n) is 2.05. The monoisotopic (exact) mass is 342 g/mol. The summed E-state index contributed by atoms with van der Waals surface area (Å²) in [6, 6.07) is 2.11. The van der Waals surface area contributed by atoms with Crippen molar-refractivity contribution < 1.29 is 5.11 Å². The van der Waals surface area contributed by atoms with Gasteiger partial charge in [0.15, 0.2) is 0 Å². The summed E-state index contributed by atoms with van der Waals surface area (Å²) >= 11 is 5.16. The fourth-order valence-electron chi connectivity index (χ4n) is 1.59. The molecule has 0 radical (unpaired) electrons. The van der Waals surface area contributed by atoms with Gasteiger partial charge >= 0.3 is 0 Å². The molecule has 100 valence electrons. The van der Waals surface area contributed by atoms with E-state index in [0.29, 0.717) is 6.54 Å². The number of hydrogen-bond acceptors (Lipinski definition) is 4. The molecule has 0 atom stereocenters. The van der Waals surface area contributed by atoms with Crippen molar-refractivity contribution in [1.82, 2.24) is 4.90 Å². The zero-order valence-corrected chi connectivity index (χ0v) is 13.4. The molecule has 0 bridgehead atoms. The quantitative estimate of drug-likeness (QED) is 0.834. The lowest BCUT2D eigenvalue weighted by Gasteiger charge is -2.28. The number of halogens is 2. The Morgan fingerprint density at radius 3 is 2.59 bits per heavy atom. The largest absolute Gasteiger partial charge is 0.395 e. The average Bonchev–Trinajstić information content (AvgIpc) is 2.48. The SMILES string of the molecule is CC(C)(N)CN(CCO)Cc1cc(Br)cs1.Cl. The van der Waals surface area contributed by atoms with Gasteiger partial charge in [-0.3, -0.25) is 4.90 Å². The van der Waals surface area contributed by atoms with Gasteiger partial charge in [-0.15, -0.1) is 23.7 Å². The smallest absolute Gasteiger partial charge is 0.0558 e. The molecule has 3 nitrogen and oxygen atoms in total. The van der Waals surface area contributed by atoms with E-state index in [1.807, 2.05) is 13.8 Å². The van der Waals surface area contributed by atoms with E-state index in [9.17, 15) is 0 Å². The molecule has 0 amide bonds. The molecular formula is C11H20BrClN2OS. The molecule has 0 aliphatic rings.